The van der Waals surface area contributed by atoms with E-state index < -0.39 is 0 Å². The van der Waals surface area contributed by atoms with E-state index in [1.54, 1.807) is 0 Å². The number of fused-ring (bicyclic) bond motifs is 2. The summed E-state index contributed by atoms with van der Waals surface area (Å²) in [4.78, 5) is 20.4. The molecule has 5 rings (SSSR count). The first kappa shape index (κ1) is 24.7. The van der Waals surface area contributed by atoms with E-state index in [0.29, 0.717) is 17.9 Å². The zero-order chi connectivity index (χ0) is 23.8. The lowest BCUT2D eigenvalue weighted by Gasteiger charge is -2.39. The number of benzene rings is 1. The Morgan fingerprint density at radius 1 is 1.09 bits per heavy atom. The number of aromatic nitrogens is 1. The smallest absolute Gasteiger partial charge is 0.225 e. The summed E-state index contributed by atoms with van der Waals surface area (Å²) in [5, 5.41) is 4.16. The molecule has 0 radical (unpaired) electrons. The molecule has 182 valence electrons. The lowest BCUT2D eigenvalue weighted by molar-refractivity contribution is -0.138. The van der Waals surface area contributed by atoms with E-state index >= 15 is 0 Å². The maximum Gasteiger partial charge on any atom is 0.225 e. The van der Waals surface area contributed by atoms with Crippen molar-refractivity contribution in [2.45, 2.75) is 63.3 Å². The summed E-state index contributed by atoms with van der Waals surface area (Å²) in [5.74, 6) is 1.21. The van der Waals surface area contributed by atoms with Crippen molar-refractivity contribution in [2.75, 3.05) is 20.1 Å². The molecule has 3 atom stereocenters. The third-order valence-electron chi connectivity index (χ3n) is 8.17. The molecule has 1 aliphatic heterocycles. The van der Waals surface area contributed by atoms with E-state index in [4.69, 9.17) is 16.6 Å². The van der Waals surface area contributed by atoms with Gasteiger partial charge in [0.05, 0.1) is 5.69 Å². The minimum atomic E-state index is 0.178. The van der Waals surface area contributed by atoms with Crippen LogP contribution in [0.5, 0.6) is 0 Å². The first-order valence-corrected chi connectivity index (χ1v) is 14.5. The third kappa shape index (κ3) is 4.98. The number of nitrogens with one attached hydrogen (secondary N) is 1. The average molecular weight is 610 g/mol. The van der Waals surface area contributed by atoms with E-state index in [0.717, 1.165) is 72.0 Å². The van der Waals surface area contributed by atoms with Gasteiger partial charge in [-0.1, -0.05) is 34.0 Å². The van der Waals surface area contributed by atoms with Crippen molar-refractivity contribution in [1.29, 1.82) is 0 Å². The first-order chi connectivity index (χ1) is 16.4. The zero-order valence-electron chi connectivity index (χ0n) is 19.6. The summed E-state index contributed by atoms with van der Waals surface area (Å²) < 4.78 is 2.11. The van der Waals surface area contributed by atoms with Gasteiger partial charge in [0, 0.05) is 51.1 Å². The molecule has 2 fully saturated rings. The molecular weight excluding hydrogens is 578 g/mol. The molecule has 34 heavy (non-hydrogen) atoms. The lowest BCUT2D eigenvalue weighted by atomic mass is 9.76. The summed E-state index contributed by atoms with van der Waals surface area (Å²) in [6.07, 6.45) is 10.2. The Labute approximate surface area is 224 Å². The maximum atomic E-state index is 13.3. The Balaban J connectivity index is 1.40. The number of carbonyl (C=O) groups is 1. The summed E-state index contributed by atoms with van der Waals surface area (Å²) in [6, 6.07) is 6.87. The molecule has 2 heterocycles. The van der Waals surface area contributed by atoms with Crippen molar-refractivity contribution >= 4 is 49.4 Å². The molecular formula is C27H32Br2ClN3O. The van der Waals surface area contributed by atoms with Crippen LogP contribution in [0.15, 0.2) is 33.3 Å². The molecule has 1 saturated carbocycles. The number of nitrogens with zero attached hydrogens (tertiary/aromatic N) is 2. The van der Waals surface area contributed by atoms with Gasteiger partial charge in [-0.25, -0.2) is 0 Å². The SMILES string of the molecule is CNC1CCCC(C(=O)N2CCC([C@H]3c4ncc(Br)cc4CCc4cc(Cl)cc(Br)c43)CC2)C1. The fourth-order valence-corrected chi connectivity index (χ4v) is 7.92. The van der Waals surface area contributed by atoms with Crippen molar-refractivity contribution in [3.05, 3.63) is 60.7 Å². The summed E-state index contributed by atoms with van der Waals surface area (Å²) in [7, 11) is 2.02. The van der Waals surface area contributed by atoms with Crippen LogP contribution in [0.25, 0.3) is 0 Å². The van der Waals surface area contributed by atoms with Gasteiger partial charge < -0.3 is 10.2 Å². The van der Waals surface area contributed by atoms with Crippen LogP contribution in [0.3, 0.4) is 0 Å². The van der Waals surface area contributed by atoms with Gasteiger partial charge in [0.1, 0.15) is 0 Å². The zero-order valence-corrected chi connectivity index (χ0v) is 23.6. The van der Waals surface area contributed by atoms with Gasteiger partial charge in [-0.2, -0.15) is 0 Å². The second-order valence-electron chi connectivity index (χ2n) is 10.1. The van der Waals surface area contributed by atoms with Crippen molar-refractivity contribution in [2.24, 2.45) is 11.8 Å². The average Bonchev–Trinajstić information content (AvgIpc) is 3.00. The number of hydrogen-bond acceptors (Lipinski definition) is 3. The molecule has 1 saturated heterocycles. The van der Waals surface area contributed by atoms with Gasteiger partial charge in [-0.3, -0.25) is 9.78 Å². The number of pyridine rings is 1. The van der Waals surface area contributed by atoms with Crippen LogP contribution in [0.2, 0.25) is 5.02 Å². The monoisotopic (exact) mass is 607 g/mol. The summed E-state index contributed by atoms with van der Waals surface area (Å²) >= 11 is 13.9. The van der Waals surface area contributed by atoms with E-state index in [-0.39, 0.29) is 11.8 Å². The second-order valence-corrected chi connectivity index (χ2v) is 12.4. The number of carbonyl (C=O) groups excluding carboxylic acids is 1. The summed E-state index contributed by atoms with van der Waals surface area (Å²) in [6.45, 7) is 1.68. The third-order valence-corrected chi connectivity index (χ3v) is 9.48. The molecule has 1 aromatic carbocycles. The molecule has 1 N–H and O–H groups in total. The first-order valence-electron chi connectivity index (χ1n) is 12.5. The molecule has 2 aromatic rings. The van der Waals surface area contributed by atoms with Gasteiger partial charge in [0.2, 0.25) is 5.91 Å². The molecule has 4 nitrogen and oxygen atoms in total. The van der Waals surface area contributed by atoms with Gasteiger partial charge in [-0.15, -0.1) is 0 Å². The largest absolute Gasteiger partial charge is 0.342 e. The maximum absolute atomic E-state index is 13.3. The quantitative estimate of drug-likeness (QED) is 0.432. The van der Waals surface area contributed by atoms with Gasteiger partial charge >= 0.3 is 0 Å². The van der Waals surface area contributed by atoms with Gasteiger partial charge in [-0.05, 0) is 109 Å². The van der Waals surface area contributed by atoms with Crippen molar-refractivity contribution in [1.82, 2.24) is 15.2 Å². The standard InChI is InChI=1S/C27H32Br2ClN3O/c1-31-22-4-2-3-19(13-22)27(34)33-9-7-16(8-10-33)25-24-17(12-21(30)14-23(24)29)5-6-18-11-20(28)15-32-26(18)25/h11-12,14-16,19,22,25,31H,2-10,13H2,1H3/t19?,22?,25-/m1/s1. The van der Waals surface area contributed by atoms with Crippen LogP contribution in [-0.4, -0.2) is 42.0 Å². The second kappa shape index (κ2) is 10.6. The fourth-order valence-electron chi connectivity index (χ4n) is 6.42. The predicted octanol–water partition coefficient (Wildman–Crippen LogP) is 6.51. The Bertz CT molecular complexity index is 1070. The van der Waals surface area contributed by atoms with Crippen LogP contribution < -0.4 is 5.32 Å². The Morgan fingerprint density at radius 2 is 1.85 bits per heavy atom. The molecule has 1 amide bonds. The van der Waals surface area contributed by atoms with Crippen LogP contribution in [-0.2, 0) is 17.6 Å². The molecule has 0 bridgehead atoms. The summed E-state index contributed by atoms with van der Waals surface area (Å²) in [5.41, 5.74) is 5.17. The highest BCUT2D eigenvalue weighted by Crippen LogP contribution is 2.46. The molecule has 7 heteroatoms. The van der Waals surface area contributed by atoms with Crippen LogP contribution in [0, 0.1) is 11.8 Å². The van der Waals surface area contributed by atoms with Crippen molar-refractivity contribution in [3.63, 3.8) is 0 Å². The van der Waals surface area contributed by atoms with E-state index in [1.807, 2.05) is 19.3 Å². The van der Waals surface area contributed by atoms with Gasteiger partial charge in [0.15, 0.2) is 0 Å². The van der Waals surface area contributed by atoms with Crippen molar-refractivity contribution in [3.8, 4) is 0 Å². The minimum Gasteiger partial charge on any atom is -0.342 e. The number of aryl methyl sites for hydroxylation is 2. The number of likely N-dealkylation sites (tertiary alicyclic amines) is 1. The Kier molecular flexibility index (Phi) is 7.69. The van der Waals surface area contributed by atoms with E-state index in [1.165, 1.54) is 28.8 Å². The Morgan fingerprint density at radius 3 is 2.62 bits per heavy atom. The highest BCUT2D eigenvalue weighted by atomic mass is 79.9. The molecule has 2 unspecified atom stereocenters. The fraction of sp³-hybridized carbons (Fsp3) is 0.556. The van der Waals surface area contributed by atoms with Gasteiger partial charge in [0.25, 0.3) is 0 Å². The number of piperidine rings is 1. The van der Waals surface area contributed by atoms with Crippen LogP contribution >= 0.6 is 43.5 Å². The Hall–Kier alpha value is -0.950. The van der Waals surface area contributed by atoms with E-state index in [2.05, 4.69) is 54.2 Å². The topological polar surface area (TPSA) is 45.2 Å². The molecule has 0 spiro atoms. The van der Waals surface area contributed by atoms with Crippen LogP contribution in [0.1, 0.15) is 66.8 Å². The molecule has 3 aliphatic rings. The number of amides is 1. The molecule has 2 aliphatic carbocycles. The molecule has 1 aromatic heterocycles. The normalized spacial score (nSPS) is 25.4. The van der Waals surface area contributed by atoms with Crippen molar-refractivity contribution < 1.29 is 4.79 Å². The number of rotatable bonds is 3. The predicted molar refractivity (Wildman–Crippen MR) is 144 cm³/mol. The van der Waals surface area contributed by atoms with E-state index in [9.17, 15) is 4.79 Å². The number of halogens is 3. The lowest BCUT2D eigenvalue weighted by Crippen LogP contribution is -2.45. The number of hydrogen-bond donors (Lipinski definition) is 1. The van der Waals surface area contributed by atoms with Crippen LogP contribution in [0.4, 0.5) is 0 Å². The highest BCUT2D eigenvalue weighted by molar-refractivity contribution is 9.10. The highest BCUT2D eigenvalue weighted by Gasteiger charge is 2.38. The minimum absolute atomic E-state index is 0.178.